The smallest absolute Gasteiger partial charge is 0.224 e. The van der Waals surface area contributed by atoms with Crippen molar-refractivity contribution in [2.75, 3.05) is 6.54 Å². The van der Waals surface area contributed by atoms with E-state index in [-0.39, 0.29) is 18.3 Å². The normalized spacial score (nSPS) is 21.0. The van der Waals surface area contributed by atoms with E-state index < -0.39 is 0 Å². The molecule has 1 aromatic carbocycles. The fourth-order valence-electron chi connectivity index (χ4n) is 2.93. The van der Waals surface area contributed by atoms with Crippen LogP contribution in [-0.4, -0.2) is 24.5 Å². The number of amides is 1. The van der Waals surface area contributed by atoms with Crippen molar-refractivity contribution < 1.29 is 4.79 Å². The zero-order valence-electron chi connectivity index (χ0n) is 13.7. The van der Waals surface area contributed by atoms with Crippen molar-refractivity contribution in [1.82, 2.24) is 10.6 Å². The number of rotatable bonds is 6. The van der Waals surface area contributed by atoms with Crippen LogP contribution in [0.25, 0.3) is 0 Å². The van der Waals surface area contributed by atoms with Crippen LogP contribution >= 0.6 is 12.4 Å². The fraction of sp³-hybridized carbons (Fsp3) is 0.611. The molecule has 0 aromatic heterocycles. The first-order valence-corrected chi connectivity index (χ1v) is 8.28. The van der Waals surface area contributed by atoms with Gasteiger partial charge in [0.2, 0.25) is 5.91 Å². The summed E-state index contributed by atoms with van der Waals surface area (Å²) in [6, 6.07) is 9.33. The Morgan fingerprint density at radius 1 is 1.27 bits per heavy atom. The largest absolute Gasteiger partial charge is 0.353 e. The van der Waals surface area contributed by atoms with Crippen LogP contribution in [-0.2, 0) is 17.6 Å². The molecule has 1 aliphatic heterocycles. The Labute approximate surface area is 140 Å². The van der Waals surface area contributed by atoms with Gasteiger partial charge in [-0.15, -0.1) is 12.4 Å². The summed E-state index contributed by atoms with van der Waals surface area (Å²) in [5, 5.41) is 6.57. The summed E-state index contributed by atoms with van der Waals surface area (Å²) in [5.74, 6) is 0.149. The maximum Gasteiger partial charge on any atom is 0.224 e. The summed E-state index contributed by atoms with van der Waals surface area (Å²) in [4.78, 5) is 12.1. The first-order valence-electron chi connectivity index (χ1n) is 8.28. The number of hydrogen-bond donors (Lipinski definition) is 2. The fourth-order valence-corrected chi connectivity index (χ4v) is 2.93. The van der Waals surface area contributed by atoms with Crippen LogP contribution in [0.15, 0.2) is 24.3 Å². The van der Waals surface area contributed by atoms with E-state index in [9.17, 15) is 4.79 Å². The number of nitrogens with one attached hydrogen (secondary N) is 2. The molecular weight excluding hydrogens is 296 g/mol. The first kappa shape index (κ1) is 19.0. The molecule has 0 bridgehead atoms. The van der Waals surface area contributed by atoms with Gasteiger partial charge in [0.25, 0.3) is 0 Å². The maximum atomic E-state index is 12.1. The highest BCUT2D eigenvalue weighted by Crippen LogP contribution is 2.10. The summed E-state index contributed by atoms with van der Waals surface area (Å²) in [6.45, 7) is 5.38. The van der Waals surface area contributed by atoms with Gasteiger partial charge in [-0.25, -0.2) is 0 Å². The third-order valence-corrected chi connectivity index (χ3v) is 4.20. The van der Waals surface area contributed by atoms with Crippen LogP contribution in [0.1, 0.15) is 50.7 Å². The molecule has 2 unspecified atom stereocenters. The van der Waals surface area contributed by atoms with Crippen LogP contribution in [0.2, 0.25) is 0 Å². The Hall–Kier alpha value is -1.06. The molecule has 0 saturated carbocycles. The van der Waals surface area contributed by atoms with E-state index in [1.54, 1.807) is 0 Å². The van der Waals surface area contributed by atoms with E-state index in [1.807, 2.05) is 0 Å². The van der Waals surface area contributed by atoms with Crippen molar-refractivity contribution in [1.29, 1.82) is 0 Å². The summed E-state index contributed by atoms with van der Waals surface area (Å²) in [7, 11) is 0. The van der Waals surface area contributed by atoms with E-state index >= 15 is 0 Å². The highest BCUT2D eigenvalue weighted by atomic mass is 35.5. The van der Waals surface area contributed by atoms with Gasteiger partial charge in [0.1, 0.15) is 0 Å². The lowest BCUT2D eigenvalue weighted by atomic mass is 10.00. The SMILES string of the molecule is CCCCc1ccc(CC(=O)NC2CCNC(C)C2)cc1.Cl. The van der Waals surface area contributed by atoms with Crippen LogP contribution in [0.3, 0.4) is 0 Å². The number of carbonyl (C=O) groups is 1. The number of unbranched alkanes of at least 4 members (excludes halogenated alkanes) is 1. The number of benzene rings is 1. The number of piperidine rings is 1. The highest BCUT2D eigenvalue weighted by molar-refractivity contribution is 5.85. The number of hydrogen-bond acceptors (Lipinski definition) is 2. The molecule has 4 heteroatoms. The molecule has 1 saturated heterocycles. The number of aryl methyl sites for hydroxylation is 1. The highest BCUT2D eigenvalue weighted by Gasteiger charge is 2.19. The van der Waals surface area contributed by atoms with E-state index in [1.165, 1.54) is 18.4 Å². The second-order valence-electron chi connectivity index (χ2n) is 6.24. The van der Waals surface area contributed by atoms with Crippen molar-refractivity contribution in [2.24, 2.45) is 0 Å². The lowest BCUT2D eigenvalue weighted by Crippen LogP contribution is -2.46. The second kappa shape index (κ2) is 9.86. The number of halogens is 1. The lowest BCUT2D eigenvalue weighted by Gasteiger charge is -2.28. The molecule has 22 heavy (non-hydrogen) atoms. The van der Waals surface area contributed by atoms with Gasteiger partial charge in [0.15, 0.2) is 0 Å². The Morgan fingerprint density at radius 2 is 1.95 bits per heavy atom. The zero-order chi connectivity index (χ0) is 15.1. The van der Waals surface area contributed by atoms with Crippen molar-refractivity contribution in [3.63, 3.8) is 0 Å². The Kier molecular flexibility index (Phi) is 8.51. The van der Waals surface area contributed by atoms with Gasteiger partial charge in [-0.1, -0.05) is 37.6 Å². The van der Waals surface area contributed by atoms with Gasteiger partial charge in [-0.05, 0) is 50.3 Å². The summed E-state index contributed by atoms with van der Waals surface area (Å²) in [6.07, 6.45) is 6.14. The monoisotopic (exact) mass is 324 g/mol. The summed E-state index contributed by atoms with van der Waals surface area (Å²) >= 11 is 0. The lowest BCUT2D eigenvalue weighted by molar-refractivity contribution is -0.121. The molecule has 1 amide bonds. The second-order valence-corrected chi connectivity index (χ2v) is 6.24. The third-order valence-electron chi connectivity index (χ3n) is 4.20. The molecule has 124 valence electrons. The third kappa shape index (κ3) is 6.37. The summed E-state index contributed by atoms with van der Waals surface area (Å²) < 4.78 is 0. The topological polar surface area (TPSA) is 41.1 Å². The van der Waals surface area contributed by atoms with Crippen molar-refractivity contribution in [2.45, 2.75) is 64.5 Å². The van der Waals surface area contributed by atoms with Crippen LogP contribution in [0, 0.1) is 0 Å². The van der Waals surface area contributed by atoms with Gasteiger partial charge in [0, 0.05) is 12.1 Å². The van der Waals surface area contributed by atoms with E-state index in [0.29, 0.717) is 18.5 Å². The van der Waals surface area contributed by atoms with E-state index in [0.717, 1.165) is 31.4 Å². The predicted molar refractivity (Wildman–Crippen MR) is 94.6 cm³/mol. The molecule has 1 fully saturated rings. The predicted octanol–water partition coefficient (Wildman–Crippen LogP) is 3.25. The minimum Gasteiger partial charge on any atom is -0.353 e. The average molecular weight is 325 g/mol. The molecule has 2 rings (SSSR count). The van der Waals surface area contributed by atoms with Gasteiger partial charge in [-0.2, -0.15) is 0 Å². The van der Waals surface area contributed by atoms with Crippen molar-refractivity contribution in [3.05, 3.63) is 35.4 Å². The molecule has 1 aliphatic rings. The number of carbonyl (C=O) groups excluding carboxylic acids is 1. The minimum absolute atomic E-state index is 0. The minimum atomic E-state index is 0. The van der Waals surface area contributed by atoms with Crippen LogP contribution in [0.5, 0.6) is 0 Å². The summed E-state index contributed by atoms with van der Waals surface area (Å²) in [5.41, 5.74) is 2.47. The molecule has 0 aliphatic carbocycles. The average Bonchev–Trinajstić information content (AvgIpc) is 2.46. The quantitative estimate of drug-likeness (QED) is 0.843. The maximum absolute atomic E-state index is 12.1. The molecule has 2 atom stereocenters. The van der Waals surface area contributed by atoms with Crippen molar-refractivity contribution in [3.8, 4) is 0 Å². The van der Waals surface area contributed by atoms with Gasteiger partial charge in [0.05, 0.1) is 6.42 Å². The molecule has 1 aromatic rings. The standard InChI is InChI=1S/C18H28N2O.ClH/c1-3-4-5-15-6-8-16(9-7-15)13-18(21)20-17-10-11-19-14(2)12-17;/h6-9,14,17,19H,3-5,10-13H2,1-2H3,(H,20,21);1H. The molecule has 3 nitrogen and oxygen atoms in total. The molecule has 0 radical (unpaired) electrons. The molecule has 1 heterocycles. The Balaban J connectivity index is 0.00000242. The van der Waals surface area contributed by atoms with Crippen LogP contribution in [0.4, 0.5) is 0 Å². The molecular formula is C18H29ClN2O. The Bertz CT molecular complexity index is 447. The van der Waals surface area contributed by atoms with E-state index in [4.69, 9.17) is 0 Å². The van der Waals surface area contributed by atoms with E-state index in [2.05, 4.69) is 48.7 Å². The zero-order valence-corrected chi connectivity index (χ0v) is 14.5. The molecule has 2 N–H and O–H groups in total. The first-order chi connectivity index (χ1) is 10.2. The van der Waals surface area contributed by atoms with Gasteiger partial charge < -0.3 is 10.6 Å². The van der Waals surface area contributed by atoms with Crippen LogP contribution < -0.4 is 10.6 Å². The van der Waals surface area contributed by atoms with Gasteiger partial charge in [-0.3, -0.25) is 4.79 Å². The van der Waals surface area contributed by atoms with Gasteiger partial charge >= 0.3 is 0 Å². The molecule has 0 spiro atoms. The van der Waals surface area contributed by atoms with Crippen molar-refractivity contribution >= 4 is 18.3 Å². The Morgan fingerprint density at radius 3 is 2.59 bits per heavy atom.